The summed E-state index contributed by atoms with van der Waals surface area (Å²) in [5.41, 5.74) is 11.4. The molecule has 0 bridgehead atoms. The Morgan fingerprint density at radius 1 is 1.50 bits per heavy atom. The first kappa shape index (κ1) is 14.4. The summed E-state index contributed by atoms with van der Waals surface area (Å²) in [4.78, 5) is 21.7. The van der Waals surface area contributed by atoms with Crippen molar-refractivity contribution in [3.63, 3.8) is 0 Å². The molecule has 0 radical (unpaired) electrons. The first-order valence-corrected chi connectivity index (χ1v) is 6.65. The number of aromatic nitrogens is 2. The molecule has 1 fully saturated rings. The molecule has 1 aromatic rings. The second-order valence-electron chi connectivity index (χ2n) is 5.68. The quantitative estimate of drug-likeness (QED) is 0.833. The average Bonchev–Trinajstić information content (AvgIpc) is 2.75. The maximum atomic E-state index is 11.5. The number of carbonyl (C=O) groups excluding carboxylic acids is 1. The number of anilines is 2. The van der Waals surface area contributed by atoms with Gasteiger partial charge in [-0.3, -0.25) is 4.79 Å². The highest BCUT2D eigenvalue weighted by Crippen LogP contribution is 2.36. The number of nitrogen functional groups attached to an aromatic ring is 1. The maximum absolute atomic E-state index is 11.5. The van der Waals surface area contributed by atoms with E-state index in [2.05, 4.69) is 9.97 Å². The Kier molecular flexibility index (Phi) is 3.69. The monoisotopic (exact) mass is 279 g/mol. The summed E-state index contributed by atoms with van der Waals surface area (Å²) >= 11 is 0. The van der Waals surface area contributed by atoms with Crippen LogP contribution in [0.5, 0.6) is 5.88 Å². The molecule has 0 aliphatic carbocycles. The number of amides is 1. The third-order valence-electron chi connectivity index (χ3n) is 3.54. The van der Waals surface area contributed by atoms with Gasteiger partial charge in [-0.15, -0.1) is 0 Å². The smallest absolute Gasteiger partial charge is 0.242 e. The Morgan fingerprint density at radius 3 is 2.75 bits per heavy atom. The van der Waals surface area contributed by atoms with Crippen LogP contribution < -0.4 is 21.1 Å². The van der Waals surface area contributed by atoms with E-state index in [1.807, 2.05) is 25.7 Å². The summed E-state index contributed by atoms with van der Waals surface area (Å²) in [7, 11) is 0. The van der Waals surface area contributed by atoms with Crippen molar-refractivity contribution in [2.24, 2.45) is 11.1 Å². The molecular weight excluding hydrogens is 258 g/mol. The summed E-state index contributed by atoms with van der Waals surface area (Å²) in [6, 6.07) is 0. The van der Waals surface area contributed by atoms with Crippen LogP contribution in [0.2, 0.25) is 0 Å². The highest BCUT2D eigenvalue weighted by molar-refractivity contribution is 5.82. The highest BCUT2D eigenvalue weighted by Gasteiger charge is 2.40. The summed E-state index contributed by atoms with van der Waals surface area (Å²) in [6.07, 6.45) is 2.09. The molecule has 1 amide bonds. The molecule has 0 spiro atoms. The van der Waals surface area contributed by atoms with Gasteiger partial charge in [-0.05, 0) is 27.2 Å². The third kappa shape index (κ3) is 2.61. The van der Waals surface area contributed by atoms with Crippen LogP contribution in [0.25, 0.3) is 0 Å². The molecule has 1 aliphatic heterocycles. The van der Waals surface area contributed by atoms with E-state index >= 15 is 0 Å². The highest BCUT2D eigenvalue weighted by atomic mass is 16.5. The first-order chi connectivity index (χ1) is 9.33. The molecule has 1 unspecified atom stereocenters. The van der Waals surface area contributed by atoms with E-state index in [1.54, 1.807) is 0 Å². The molecule has 7 heteroatoms. The fourth-order valence-electron chi connectivity index (χ4n) is 2.28. The van der Waals surface area contributed by atoms with Crippen molar-refractivity contribution in [1.82, 2.24) is 9.97 Å². The number of nitrogens with zero attached hydrogens (tertiary/aromatic N) is 3. The molecule has 7 nitrogen and oxygen atoms in total. The minimum absolute atomic E-state index is 0.0190. The number of rotatable bonds is 4. The molecule has 0 aromatic carbocycles. The Bertz CT molecular complexity index is 519. The van der Waals surface area contributed by atoms with E-state index in [1.165, 1.54) is 6.33 Å². The summed E-state index contributed by atoms with van der Waals surface area (Å²) in [5.74, 6) is 0.671. The van der Waals surface area contributed by atoms with Crippen LogP contribution in [-0.2, 0) is 4.79 Å². The second-order valence-corrected chi connectivity index (χ2v) is 5.68. The predicted octanol–water partition coefficient (Wildman–Crippen LogP) is 0.548. The van der Waals surface area contributed by atoms with Gasteiger partial charge in [-0.1, -0.05) is 0 Å². The molecule has 1 saturated heterocycles. The Labute approximate surface area is 118 Å². The maximum Gasteiger partial charge on any atom is 0.242 e. The predicted molar refractivity (Wildman–Crippen MR) is 76.3 cm³/mol. The van der Waals surface area contributed by atoms with Crippen LogP contribution in [-0.4, -0.2) is 35.1 Å². The number of hydrogen-bond acceptors (Lipinski definition) is 6. The van der Waals surface area contributed by atoms with Gasteiger partial charge in [-0.25, -0.2) is 4.98 Å². The van der Waals surface area contributed by atoms with Gasteiger partial charge in [0.05, 0.1) is 11.5 Å². The van der Waals surface area contributed by atoms with Gasteiger partial charge >= 0.3 is 0 Å². The van der Waals surface area contributed by atoms with Gasteiger partial charge in [-0.2, -0.15) is 4.98 Å². The number of hydrogen-bond donors (Lipinski definition) is 2. The lowest BCUT2D eigenvalue weighted by molar-refractivity contribution is -0.125. The fourth-order valence-corrected chi connectivity index (χ4v) is 2.28. The van der Waals surface area contributed by atoms with E-state index in [0.29, 0.717) is 36.9 Å². The van der Waals surface area contributed by atoms with E-state index in [9.17, 15) is 4.79 Å². The number of carbonyl (C=O) groups is 1. The largest absolute Gasteiger partial charge is 0.473 e. The topological polar surface area (TPSA) is 107 Å². The number of ether oxygens (including phenoxy) is 1. The van der Waals surface area contributed by atoms with E-state index in [-0.39, 0.29) is 12.0 Å². The zero-order valence-corrected chi connectivity index (χ0v) is 12.1. The Morgan fingerprint density at radius 2 is 2.20 bits per heavy atom. The van der Waals surface area contributed by atoms with Crippen molar-refractivity contribution >= 4 is 17.4 Å². The Balaban J connectivity index is 2.24. The molecule has 2 rings (SSSR count). The lowest BCUT2D eigenvalue weighted by Gasteiger charge is -2.23. The zero-order valence-electron chi connectivity index (χ0n) is 12.1. The standard InChI is InChI=1S/C13H21N5O2/c1-8(2)20-11-9(14)10(16-7-17-11)18-5-4-13(3,6-18)12(15)19/h7-8H,4-6,14H2,1-3H3,(H2,15,19). The number of nitrogens with two attached hydrogens (primary N) is 2. The molecule has 110 valence electrons. The lowest BCUT2D eigenvalue weighted by atomic mass is 9.89. The average molecular weight is 279 g/mol. The van der Waals surface area contributed by atoms with Crippen molar-refractivity contribution in [3.05, 3.63) is 6.33 Å². The van der Waals surface area contributed by atoms with Crippen LogP contribution in [0.15, 0.2) is 6.33 Å². The van der Waals surface area contributed by atoms with Gasteiger partial charge in [0.25, 0.3) is 0 Å². The molecular formula is C13H21N5O2. The first-order valence-electron chi connectivity index (χ1n) is 6.65. The van der Waals surface area contributed by atoms with Crippen LogP contribution in [0, 0.1) is 5.41 Å². The van der Waals surface area contributed by atoms with Crippen LogP contribution in [0.4, 0.5) is 11.5 Å². The van der Waals surface area contributed by atoms with Gasteiger partial charge in [0, 0.05) is 13.1 Å². The zero-order chi connectivity index (χ0) is 14.9. The second kappa shape index (κ2) is 5.15. The summed E-state index contributed by atoms with van der Waals surface area (Å²) < 4.78 is 5.55. The third-order valence-corrected chi connectivity index (χ3v) is 3.54. The summed E-state index contributed by atoms with van der Waals surface area (Å²) in [6.45, 7) is 6.85. The van der Waals surface area contributed by atoms with Crippen molar-refractivity contribution < 1.29 is 9.53 Å². The van der Waals surface area contributed by atoms with Crippen LogP contribution in [0.1, 0.15) is 27.2 Å². The SMILES string of the molecule is CC(C)Oc1ncnc(N2CCC(C)(C(N)=O)C2)c1N. The van der Waals surface area contributed by atoms with Crippen molar-refractivity contribution in [2.45, 2.75) is 33.3 Å². The minimum atomic E-state index is -0.545. The van der Waals surface area contributed by atoms with Crippen LogP contribution in [0.3, 0.4) is 0 Å². The van der Waals surface area contributed by atoms with Crippen molar-refractivity contribution in [2.75, 3.05) is 23.7 Å². The lowest BCUT2D eigenvalue weighted by Crippen LogP contribution is -2.37. The van der Waals surface area contributed by atoms with E-state index in [0.717, 1.165) is 0 Å². The van der Waals surface area contributed by atoms with Gasteiger partial charge in [0.15, 0.2) is 5.82 Å². The van der Waals surface area contributed by atoms with Crippen molar-refractivity contribution in [1.29, 1.82) is 0 Å². The molecule has 1 atom stereocenters. The molecule has 4 N–H and O–H groups in total. The molecule has 0 saturated carbocycles. The van der Waals surface area contributed by atoms with Gasteiger partial charge in [0.2, 0.25) is 11.8 Å². The molecule has 20 heavy (non-hydrogen) atoms. The van der Waals surface area contributed by atoms with Gasteiger partial charge < -0.3 is 21.1 Å². The molecule has 1 aliphatic rings. The minimum Gasteiger partial charge on any atom is -0.473 e. The fraction of sp³-hybridized carbons (Fsp3) is 0.615. The normalized spacial score (nSPS) is 22.3. The van der Waals surface area contributed by atoms with Gasteiger partial charge in [0.1, 0.15) is 12.0 Å². The van der Waals surface area contributed by atoms with E-state index < -0.39 is 5.41 Å². The summed E-state index contributed by atoms with van der Waals surface area (Å²) in [5, 5.41) is 0. The molecule has 2 heterocycles. The molecule has 1 aromatic heterocycles. The number of primary amides is 1. The Hall–Kier alpha value is -2.05. The van der Waals surface area contributed by atoms with Crippen molar-refractivity contribution in [3.8, 4) is 5.88 Å². The van der Waals surface area contributed by atoms with Crippen LogP contribution >= 0.6 is 0 Å². The van der Waals surface area contributed by atoms with E-state index in [4.69, 9.17) is 16.2 Å².